The predicted octanol–water partition coefficient (Wildman–Crippen LogP) is 1.63. The van der Waals surface area contributed by atoms with Gasteiger partial charge in [0, 0.05) is 5.56 Å². The topological polar surface area (TPSA) is 102 Å². The van der Waals surface area contributed by atoms with E-state index in [4.69, 9.17) is 9.56 Å². The number of rotatable bonds is 3. The summed E-state index contributed by atoms with van der Waals surface area (Å²) in [6, 6.07) is 4.44. The Bertz CT molecular complexity index is 768. The first-order valence-electron chi connectivity index (χ1n) is 5.47. The smallest absolute Gasteiger partial charge is 0.291 e. The maximum Gasteiger partial charge on any atom is 0.291 e. The number of hydrogen-bond donors (Lipinski definition) is 2. The lowest BCUT2D eigenvalue weighted by molar-refractivity contribution is 0.0995. The van der Waals surface area contributed by atoms with E-state index in [1.54, 1.807) is 13.0 Å². The Hall–Kier alpha value is -2.19. The van der Waals surface area contributed by atoms with Crippen molar-refractivity contribution in [3.63, 3.8) is 0 Å². The van der Waals surface area contributed by atoms with E-state index in [1.807, 2.05) is 0 Å². The van der Waals surface area contributed by atoms with E-state index >= 15 is 0 Å². The molecule has 1 aromatic carbocycles. The fourth-order valence-electron chi connectivity index (χ4n) is 1.56. The van der Waals surface area contributed by atoms with Gasteiger partial charge >= 0.3 is 0 Å². The Balaban J connectivity index is 2.34. The van der Waals surface area contributed by atoms with Crippen LogP contribution in [-0.4, -0.2) is 14.3 Å². The Morgan fingerprint density at radius 3 is 2.60 bits per heavy atom. The van der Waals surface area contributed by atoms with E-state index in [0.717, 1.165) is 18.2 Å². The van der Waals surface area contributed by atoms with E-state index in [-0.39, 0.29) is 16.3 Å². The number of carbonyl (C=O) groups is 1. The van der Waals surface area contributed by atoms with Crippen LogP contribution in [0, 0.1) is 12.7 Å². The molecule has 1 heterocycles. The van der Waals surface area contributed by atoms with E-state index in [1.165, 1.54) is 6.26 Å². The maximum atomic E-state index is 13.6. The summed E-state index contributed by atoms with van der Waals surface area (Å²) < 4.78 is 40.9. The van der Waals surface area contributed by atoms with Gasteiger partial charge in [0.15, 0.2) is 5.76 Å². The molecular formula is C12H11FN2O4S. The molecule has 0 radical (unpaired) electrons. The number of primary sulfonamides is 1. The van der Waals surface area contributed by atoms with E-state index in [9.17, 15) is 17.6 Å². The first-order valence-corrected chi connectivity index (χ1v) is 7.01. The quantitative estimate of drug-likeness (QED) is 0.898. The van der Waals surface area contributed by atoms with Gasteiger partial charge in [0.25, 0.3) is 5.91 Å². The van der Waals surface area contributed by atoms with Crippen molar-refractivity contribution in [2.75, 3.05) is 5.32 Å². The number of nitrogens with two attached hydrogens (primary N) is 1. The van der Waals surface area contributed by atoms with Crippen LogP contribution in [0.1, 0.15) is 16.1 Å². The van der Waals surface area contributed by atoms with Crippen LogP contribution < -0.4 is 10.5 Å². The molecule has 0 spiro atoms. The van der Waals surface area contributed by atoms with Crippen LogP contribution in [0.3, 0.4) is 0 Å². The number of amides is 1. The molecule has 0 aliphatic carbocycles. The van der Waals surface area contributed by atoms with Gasteiger partial charge in [-0.1, -0.05) is 0 Å². The summed E-state index contributed by atoms with van der Waals surface area (Å²) in [4.78, 5) is 11.6. The van der Waals surface area contributed by atoms with Crippen molar-refractivity contribution >= 4 is 21.6 Å². The number of halogens is 1. The summed E-state index contributed by atoms with van der Waals surface area (Å²) in [6.07, 6.45) is 1.32. The summed E-state index contributed by atoms with van der Waals surface area (Å²) in [5.41, 5.74) is 0.280. The monoisotopic (exact) mass is 298 g/mol. The fourth-order valence-corrected chi connectivity index (χ4v) is 2.10. The molecule has 1 amide bonds. The van der Waals surface area contributed by atoms with E-state index in [2.05, 4.69) is 5.32 Å². The molecule has 8 heteroatoms. The van der Waals surface area contributed by atoms with Crippen molar-refractivity contribution in [2.45, 2.75) is 11.8 Å². The molecule has 0 aliphatic rings. The summed E-state index contributed by atoms with van der Waals surface area (Å²) in [6.45, 7) is 1.65. The minimum absolute atomic E-state index is 0.0189. The highest BCUT2D eigenvalue weighted by Gasteiger charge is 2.17. The number of anilines is 1. The molecule has 0 saturated carbocycles. The second kappa shape index (κ2) is 5.06. The highest BCUT2D eigenvalue weighted by molar-refractivity contribution is 7.89. The van der Waals surface area contributed by atoms with Crippen LogP contribution in [-0.2, 0) is 10.0 Å². The fraction of sp³-hybridized carbons (Fsp3) is 0.0833. The van der Waals surface area contributed by atoms with Gasteiger partial charge in [-0.3, -0.25) is 4.79 Å². The summed E-state index contributed by atoms with van der Waals surface area (Å²) in [7, 11) is -3.98. The molecular weight excluding hydrogens is 287 g/mol. The zero-order chi connectivity index (χ0) is 14.9. The first kappa shape index (κ1) is 14.2. The highest BCUT2D eigenvalue weighted by Crippen LogP contribution is 2.20. The van der Waals surface area contributed by atoms with Crippen LogP contribution in [0.4, 0.5) is 10.1 Å². The summed E-state index contributed by atoms with van der Waals surface area (Å²) in [5.74, 6) is -1.45. The number of nitrogens with one attached hydrogen (secondary N) is 1. The minimum Gasteiger partial charge on any atom is -0.459 e. The number of hydrogen-bond acceptors (Lipinski definition) is 4. The van der Waals surface area contributed by atoms with Gasteiger partial charge in [-0.2, -0.15) is 0 Å². The van der Waals surface area contributed by atoms with Gasteiger partial charge in [-0.05, 0) is 31.2 Å². The number of benzene rings is 1. The zero-order valence-corrected chi connectivity index (χ0v) is 11.2. The van der Waals surface area contributed by atoms with Crippen LogP contribution in [0.2, 0.25) is 0 Å². The van der Waals surface area contributed by atoms with Crippen molar-refractivity contribution in [1.29, 1.82) is 0 Å². The summed E-state index contributed by atoms with van der Waals surface area (Å²) >= 11 is 0. The molecule has 6 nitrogen and oxygen atoms in total. The second-order valence-corrected chi connectivity index (χ2v) is 5.63. The Morgan fingerprint density at radius 2 is 2.05 bits per heavy atom. The predicted molar refractivity (Wildman–Crippen MR) is 69.2 cm³/mol. The standard InChI is InChI=1S/C12H11FN2O4S/c1-7-4-5-19-11(7)12(16)15-10-6-8(20(14,17)18)2-3-9(10)13/h2-6H,1H3,(H,15,16)(H2,14,17,18). The van der Waals surface area contributed by atoms with E-state index in [0.29, 0.717) is 5.56 Å². The average Bonchev–Trinajstić information content (AvgIpc) is 2.77. The largest absolute Gasteiger partial charge is 0.459 e. The molecule has 0 fully saturated rings. The van der Waals surface area contributed by atoms with Crippen molar-refractivity contribution in [3.8, 4) is 0 Å². The number of sulfonamides is 1. The average molecular weight is 298 g/mol. The molecule has 106 valence electrons. The van der Waals surface area contributed by atoms with Gasteiger partial charge in [0.1, 0.15) is 5.82 Å². The van der Waals surface area contributed by atoms with Gasteiger partial charge in [-0.15, -0.1) is 0 Å². The van der Waals surface area contributed by atoms with Crippen LogP contribution in [0.15, 0.2) is 39.8 Å². The maximum absolute atomic E-state index is 13.6. The molecule has 3 N–H and O–H groups in total. The third-order valence-corrected chi connectivity index (χ3v) is 3.49. The van der Waals surface area contributed by atoms with Crippen LogP contribution >= 0.6 is 0 Å². The minimum atomic E-state index is -3.98. The zero-order valence-electron chi connectivity index (χ0n) is 10.4. The van der Waals surface area contributed by atoms with Crippen molar-refractivity contribution in [1.82, 2.24) is 0 Å². The molecule has 0 atom stereocenters. The van der Waals surface area contributed by atoms with Crippen molar-refractivity contribution in [2.24, 2.45) is 5.14 Å². The van der Waals surface area contributed by atoms with Crippen molar-refractivity contribution < 1.29 is 22.0 Å². The molecule has 0 unspecified atom stereocenters. The number of furan rings is 1. The normalized spacial score (nSPS) is 11.3. The van der Waals surface area contributed by atoms with Gasteiger partial charge in [0.2, 0.25) is 10.0 Å². The lowest BCUT2D eigenvalue weighted by Gasteiger charge is -2.07. The molecule has 2 aromatic rings. The lowest BCUT2D eigenvalue weighted by atomic mass is 10.2. The van der Waals surface area contributed by atoms with Crippen LogP contribution in [0.25, 0.3) is 0 Å². The third-order valence-electron chi connectivity index (χ3n) is 2.58. The Labute approximate surface area is 114 Å². The molecule has 2 rings (SSSR count). The lowest BCUT2D eigenvalue weighted by Crippen LogP contribution is -2.16. The Morgan fingerprint density at radius 1 is 1.35 bits per heavy atom. The molecule has 0 aliphatic heterocycles. The first-order chi connectivity index (χ1) is 9.29. The third kappa shape index (κ3) is 2.86. The second-order valence-electron chi connectivity index (χ2n) is 4.07. The Kier molecular flexibility index (Phi) is 3.60. The summed E-state index contributed by atoms with van der Waals surface area (Å²) in [5, 5.41) is 7.18. The van der Waals surface area contributed by atoms with Gasteiger partial charge in [-0.25, -0.2) is 17.9 Å². The SMILES string of the molecule is Cc1ccoc1C(=O)Nc1cc(S(N)(=O)=O)ccc1F. The highest BCUT2D eigenvalue weighted by atomic mass is 32.2. The van der Waals surface area contributed by atoms with Crippen molar-refractivity contribution in [3.05, 3.63) is 47.7 Å². The van der Waals surface area contributed by atoms with Crippen LogP contribution in [0.5, 0.6) is 0 Å². The molecule has 0 saturated heterocycles. The van der Waals surface area contributed by atoms with Gasteiger partial charge < -0.3 is 9.73 Å². The van der Waals surface area contributed by atoms with E-state index < -0.39 is 21.7 Å². The van der Waals surface area contributed by atoms with Gasteiger partial charge in [0.05, 0.1) is 16.8 Å². The molecule has 20 heavy (non-hydrogen) atoms. The molecule has 0 bridgehead atoms. The number of carbonyl (C=O) groups excluding carboxylic acids is 1. The molecule has 1 aromatic heterocycles. The number of aryl methyl sites for hydroxylation is 1.